The van der Waals surface area contributed by atoms with Crippen molar-refractivity contribution in [1.82, 2.24) is 19.7 Å². The molecule has 114 valence electrons. The Balaban J connectivity index is 2.05. The highest BCUT2D eigenvalue weighted by Gasteiger charge is 2.21. The average Bonchev–Trinajstić information content (AvgIpc) is 2.81. The van der Waals surface area contributed by atoms with Gasteiger partial charge in [0.05, 0.1) is 0 Å². The molecule has 1 aliphatic carbocycles. The molecule has 2 rings (SSSR count). The molecule has 0 amide bonds. The van der Waals surface area contributed by atoms with Gasteiger partial charge in [-0.3, -0.25) is 4.57 Å². The quantitative estimate of drug-likeness (QED) is 0.820. The molecule has 1 saturated carbocycles. The summed E-state index contributed by atoms with van der Waals surface area (Å²) in [7, 11) is 6.33. The van der Waals surface area contributed by atoms with Gasteiger partial charge in [-0.15, -0.1) is 5.10 Å². The van der Waals surface area contributed by atoms with Crippen LogP contribution in [-0.4, -0.2) is 53.9 Å². The van der Waals surface area contributed by atoms with Crippen LogP contribution in [0.3, 0.4) is 0 Å². The molecule has 0 radical (unpaired) electrons. The Hall–Kier alpha value is -0.880. The van der Waals surface area contributed by atoms with E-state index in [1.807, 2.05) is 0 Å². The molecule has 1 aromatic rings. The molecular weight excluding hydrogens is 270 g/mol. The van der Waals surface area contributed by atoms with Crippen LogP contribution in [0.4, 0.5) is 5.95 Å². The topological polar surface area (TPSA) is 40.1 Å². The predicted molar refractivity (Wildman–Crippen MR) is 86.0 cm³/mol. The largest absolute Gasteiger partial charge is 0.344 e. The fourth-order valence-corrected chi connectivity index (χ4v) is 3.23. The van der Waals surface area contributed by atoms with E-state index in [1.165, 1.54) is 32.1 Å². The number of hydrogen-bond acceptors (Lipinski definition) is 4. The van der Waals surface area contributed by atoms with Gasteiger partial charge < -0.3 is 9.80 Å². The smallest absolute Gasteiger partial charge is 0.225 e. The highest BCUT2D eigenvalue weighted by atomic mass is 32.1. The molecule has 0 unspecified atom stereocenters. The van der Waals surface area contributed by atoms with Gasteiger partial charge in [0.15, 0.2) is 4.77 Å². The first-order valence-electron chi connectivity index (χ1n) is 7.62. The lowest BCUT2D eigenvalue weighted by molar-refractivity contribution is 0.350. The van der Waals surface area contributed by atoms with E-state index in [0.717, 1.165) is 30.2 Å². The summed E-state index contributed by atoms with van der Waals surface area (Å²) in [5, 5.41) is 7.43. The minimum Gasteiger partial charge on any atom is -0.344 e. The Morgan fingerprint density at radius 3 is 2.55 bits per heavy atom. The number of rotatable bonds is 6. The highest BCUT2D eigenvalue weighted by molar-refractivity contribution is 7.71. The van der Waals surface area contributed by atoms with Crippen LogP contribution in [0.25, 0.3) is 0 Å². The molecular formula is C14H27N5S. The summed E-state index contributed by atoms with van der Waals surface area (Å²) in [5.41, 5.74) is 0. The van der Waals surface area contributed by atoms with Crippen molar-refractivity contribution in [2.75, 3.05) is 39.1 Å². The third kappa shape index (κ3) is 3.82. The molecule has 1 N–H and O–H groups in total. The van der Waals surface area contributed by atoms with Gasteiger partial charge in [0.2, 0.25) is 5.95 Å². The van der Waals surface area contributed by atoms with Crippen molar-refractivity contribution in [3.05, 3.63) is 4.77 Å². The molecule has 0 aromatic carbocycles. The Bertz CT molecular complexity index is 458. The van der Waals surface area contributed by atoms with E-state index < -0.39 is 0 Å². The standard InChI is InChI=1S/C14H27N5S/c1-17(2)10-7-11-18(3)13-15-16-14(20)19(13)12-8-5-4-6-9-12/h12H,4-11H2,1-3H3,(H,16,20). The van der Waals surface area contributed by atoms with Gasteiger partial charge in [-0.2, -0.15) is 0 Å². The predicted octanol–water partition coefficient (Wildman–Crippen LogP) is 2.83. The van der Waals surface area contributed by atoms with E-state index in [1.54, 1.807) is 0 Å². The number of H-pyrrole nitrogens is 1. The summed E-state index contributed by atoms with van der Waals surface area (Å²) in [6.07, 6.45) is 7.56. The van der Waals surface area contributed by atoms with Gasteiger partial charge in [0, 0.05) is 19.6 Å². The van der Waals surface area contributed by atoms with E-state index in [0.29, 0.717) is 6.04 Å². The van der Waals surface area contributed by atoms with E-state index in [2.05, 4.69) is 45.7 Å². The van der Waals surface area contributed by atoms with Gasteiger partial charge in [0.1, 0.15) is 0 Å². The molecule has 0 bridgehead atoms. The zero-order valence-corrected chi connectivity index (χ0v) is 13.7. The molecule has 6 heteroatoms. The molecule has 0 aliphatic heterocycles. The van der Waals surface area contributed by atoms with Gasteiger partial charge in [-0.05, 0) is 52.1 Å². The van der Waals surface area contributed by atoms with Gasteiger partial charge in [0.25, 0.3) is 0 Å². The number of aromatic amines is 1. The normalized spacial score (nSPS) is 16.8. The van der Waals surface area contributed by atoms with Crippen LogP contribution in [-0.2, 0) is 0 Å². The summed E-state index contributed by atoms with van der Waals surface area (Å²) in [4.78, 5) is 4.44. The number of hydrogen-bond donors (Lipinski definition) is 1. The lowest BCUT2D eigenvalue weighted by Gasteiger charge is -2.27. The molecule has 1 heterocycles. The van der Waals surface area contributed by atoms with Crippen LogP contribution in [0.2, 0.25) is 0 Å². The van der Waals surface area contributed by atoms with Crippen molar-refractivity contribution in [2.45, 2.75) is 44.6 Å². The van der Waals surface area contributed by atoms with Crippen LogP contribution in [0.15, 0.2) is 0 Å². The van der Waals surface area contributed by atoms with E-state index in [4.69, 9.17) is 12.2 Å². The van der Waals surface area contributed by atoms with E-state index in [-0.39, 0.29) is 0 Å². The second kappa shape index (κ2) is 7.22. The summed E-state index contributed by atoms with van der Waals surface area (Å²) < 4.78 is 3.01. The average molecular weight is 297 g/mol. The lowest BCUT2D eigenvalue weighted by atomic mass is 9.95. The van der Waals surface area contributed by atoms with Crippen LogP contribution >= 0.6 is 12.2 Å². The van der Waals surface area contributed by atoms with Crippen molar-refractivity contribution in [3.8, 4) is 0 Å². The summed E-state index contributed by atoms with van der Waals surface area (Å²) in [6.45, 7) is 2.10. The monoisotopic (exact) mass is 297 g/mol. The van der Waals surface area contributed by atoms with Crippen LogP contribution in [0.5, 0.6) is 0 Å². The van der Waals surface area contributed by atoms with Crippen molar-refractivity contribution in [1.29, 1.82) is 0 Å². The molecule has 5 nitrogen and oxygen atoms in total. The van der Waals surface area contributed by atoms with Gasteiger partial charge >= 0.3 is 0 Å². The maximum absolute atomic E-state index is 5.44. The number of nitrogens with one attached hydrogen (secondary N) is 1. The second-order valence-corrected chi connectivity index (χ2v) is 6.46. The maximum Gasteiger partial charge on any atom is 0.225 e. The maximum atomic E-state index is 5.44. The Kier molecular flexibility index (Phi) is 5.60. The van der Waals surface area contributed by atoms with Crippen LogP contribution in [0, 0.1) is 4.77 Å². The number of aromatic nitrogens is 3. The summed E-state index contributed by atoms with van der Waals surface area (Å²) in [5.74, 6) is 1.00. The lowest BCUT2D eigenvalue weighted by Crippen LogP contribution is -2.27. The summed E-state index contributed by atoms with van der Waals surface area (Å²) in [6, 6.07) is 0.529. The Morgan fingerprint density at radius 2 is 1.90 bits per heavy atom. The van der Waals surface area contributed by atoms with Crippen molar-refractivity contribution in [2.24, 2.45) is 0 Å². The zero-order chi connectivity index (χ0) is 14.5. The third-order valence-corrected chi connectivity index (χ3v) is 4.35. The first-order valence-corrected chi connectivity index (χ1v) is 8.03. The molecule has 1 fully saturated rings. The second-order valence-electron chi connectivity index (χ2n) is 6.07. The first kappa shape index (κ1) is 15.5. The van der Waals surface area contributed by atoms with Crippen LogP contribution < -0.4 is 4.90 Å². The van der Waals surface area contributed by atoms with Gasteiger partial charge in [-0.1, -0.05) is 19.3 Å². The minimum absolute atomic E-state index is 0.529. The molecule has 1 aliphatic rings. The Morgan fingerprint density at radius 1 is 1.20 bits per heavy atom. The molecule has 20 heavy (non-hydrogen) atoms. The molecule has 0 atom stereocenters. The number of anilines is 1. The zero-order valence-electron chi connectivity index (χ0n) is 12.9. The fourth-order valence-electron chi connectivity index (χ4n) is 2.96. The van der Waals surface area contributed by atoms with Crippen molar-refractivity contribution in [3.63, 3.8) is 0 Å². The van der Waals surface area contributed by atoms with E-state index >= 15 is 0 Å². The highest BCUT2D eigenvalue weighted by Crippen LogP contribution is 2.31. The third-order valence-electron chi connectivity index (χ3n) is 4.07. The summed E-state index contributed by atoms with van der Waals surface area (Å²) >= 11 is 5.44. The van der Waals surface area contributed by atoms with Crippen LogP contribution in [0.1, 0.15) is 44.6 Å². The minimum atomic E-state index is 0.529. The first-order chi connectivity index (χ1) is 9.59. The molecule has 0 spiro atoms. The van der Waals surface area contributed by atoms with Gasteiger partial charge in [-0.25, -0.2) is 5.10 Å². The molecule has 1 aromatic heterocycles. The SMILES string of the molecule is CN(C)CCCN(C)c1n[nH]c(=S)n1C1CCCCC1. The Labute approximate surface area is 127 Å². The molecule has 0 saturated heterocycles. The van der Waals surface area contributed by atoms with E-state index in [9.17, 15) is 0 Å². The number of nitrogens with zero attached hydrogens (tertiary/aromatic N) is 4. The van der Waals surface area contributed by atoms with Crippen molar-refractivity contribution < 1.29 is 0 Å². The fraction of sp³-hybridized carbons (Fsp3) is 0.857. The van der Waals surface area contributed by atoms with Crippen molar-refractivity contribution >= 4 is 18.2 Å².